The molecular formula is C12H19N3O4. The number of hydrogen-bond donors (Lipinski definition) is 2. The number of hydrogen-bond acceptors (Lipinski definition) is 4. The topological polar surface area (TPSA) is 90.0 Å². The van der Waals surface area contributed by atoms with Gasteiger partial charge in [-0.3, -0.25) is 4.79 Å². The Morgan fingerprint density at radius 3 is 2.32 bits per heavy atom. The maximum atomic E-state index is 12.5. The molecule has 2 saturated heterocycles. The third-order valence-electron chi connectivity index (χ3n) is 4.08. The van der Waals surface area contributed by atoms with E-state index in [1.807, 2.05) is 7.05 Å². The molecule has 2 aliphatic heterocycles. The van der Waals surface area contributed by atoms with Crippen LogP contribution in [-0.4, -0.2) is 64.0 Å². The molecule has 0 aliphatic carbocycles. The molecule has 0 unspecified atom stereocenters. The minimum Gasteiger partial charge on any atom is -0.480 e. The van der Waals surface area contributed by atoms with Gasteiger partial charge >= 0.3 is 12.0 Å². The summed E-state index contributed by atoms with van der Waals surface area (Å²) in [6, 6.07) is -0.609. The second kappa shape index (κ2) is 4.19. The number of likely N-dealkylation sites (tertiary alicyclic amines) is 1. The number of nitrogens with one attached hydrogen (secondary N) is 1. The predicted molar refractivity (Wildman–Crippen MR) is 66.6 cm³/mol. The highest BCUT2D eigenvalue weighted by Crippen LogP contribution is 2.32. The summed E-state index contributed by atoms with van der Waals surface area (Å²) in [5.74, 6) is -1.61. The Bertz CT molecular complexity index is 438. The molecule has 0 aromatic heterocycles. The standard InChI is InChI=1S/C12H19N3O4/c1-11(2,9(17)18)15-8(16)12(13-10(15)19)4-6-14(3)7-5-12/h4-7H2,1-3H3,(H,13,19)(H,17,18). The van der Waals surface area contributed by atoms with Crippen LogP contribution in [-0.2, 0) is 9.59 Å². The Kier molecular flexibility index (Phi) is 3.04. The largest absolute Gasteiger partial charge is 0.480 e. The zero-order valence-electron chi connectivity index (χ0n) is 11.4. The fourth-order valence-electron chi connectivity index (χ4n) is 2.56. The van der Waals surface area contributed by atoms with Gasteiger partial charge in [0.1, 0.15) is 11.1 Å². The first kappa shape index (κ1) is 13.8. The number of nitrogens with zero attached hydrogens (tertiary/aromatic N) is 2. The van der Waals surface area contributed by atoms with Crippen molar-refractivity contribution in [1.29, 1.82) is 0 Å². The summed E-state index contributed by atoms with van der Waals surface area (Å²) < 4.78 is 0. The molecule has 7 heteroatoms. The Morgan fingerprint density at radius 1 is 1.32 bits per heavy atom. The molecule has 0 aromatic carbocycles. The van der Waals surface area contributed by atoms with Crippen molar-refractivity contribution in [3.05, 3.63) is 0 Å². The number of rotatable bonds is 2. The van der Waals surface area contributed by atoms with E-state index in [9.17, 15) is 19.5 Å². The minimum atomic E-state index is -1.53. The van der Waals surface area contributed by atoms with Gasteiger partial charge < -0.3 is 15.3 Å². The first-order valence-electron chi connectivity index (χ1n) is 6.29. The van der Waals surface area contributed by atoms with E-state index < -0.39 is 29.0 Å². The molecular weight excluding hydrogens is 250 g/mol. The SMILES string of the molecule is CN1CCC2(CC1)NC(=O)N(C(C)(C)C(=O)O)C2=O. The van der Waals surface area contributed by atoms with Crippen LogP contribution >= 0.6 is 0 Å². The number of carboxylic acids is 1. The van der Waals surface area contributed by atoms with Crippen LogP contribution in [0.15, 0.2) is 0 Å². The number of piperidine rings is 1. The molecule has 2 heterocycles. The van der Waals surface area contributed by atoms with Crippen molar-refractivity contribution in [3.8, 4) is 0 Å². The third-order valence-corrected chi connectivity index (χ3v) is 4.08. The van der Waals surface area contributed by atoms with Crippen molar-refractivity contribution in [3.63, 3.8) is 0 Å². The van der Waals surface area contributed by atoms with Gasteiger partial charge in [-0.25, -0.2) is 14.5 Å². The number of carbonyl (C=O) groups excluding carboxylic acids is 2. The maximum Gasteiger partial charge on any atom is 0.329 e. The Hall–Kier alpha value is -1.63. The summed E-state index contributed by atoms with van der Waals surface area (Å²) >= 11 is 0. The lowest BCUT2D eigenvalue weighted by Crippen LogP contribution is -2.57. The zero-order valence-corrected chi connectivity index (χ0v) is 11.4. The highest BCUT2D eigenvalue weighted by Gasteiger charge is 2.57. The highest BCUT2D eigenvalue weighted by molar-refractivity contribution is 6.10. The number of urea groups is 1. The fourth-order valence-corrected chi connectivity index (χ4v) is 2.56. The number of imide groups is 1. The van der Waals surface area contributed by atoms with Gasteiger partial charge in [0.05, 0.1) is 0 Å². The van der Waals surface area contributed by atoms with Crippen LogP contribution in [0, 0.1) is 0 Å². The molecule has 2 fully saturated rings. The van der Waals surface area contributed by atoms with Crippen molar-refractivity contribution in [2.45, 2.75) is 37.8 Å². The molecule has 0 saturated carbocycles. The molecule has 2 rings (SSSR count). The summed E-state index contributed by atoms with van der Waals surface area (Å²) in [6.45, 7) is 4.13. The van der Waals surface area contributed by atoms with Gasteiger partial charge in [0.15, 0.2) is 0 Å². The molecule has 0 atom stereocenters. The van der Waals surface area contributed by atoms with Crippen LogP contribution in [0.25, 0.3) is 0 Å². The van der Waals surface area contributed by atoms with E-state index in [1.165, 1.54) is 13.8 Å². The zero-order chi connectivity index (χ0) is 14.4. The summed E-state index contributed by atoms with van der Waals surface area (Å²) in [5, 5.41) is 11.9. The van der Waals surface area contributed by atoms with Gasteiger partial charge in [-0.15, -0.1) is 0 Å². The quantitative estimate of drug-likeness (QED) is 0.681. The Labute approximate surface area is 111 Å². The van der Waals surface area contributed by atoms with E-state index in [4.69, 9.17) is 0 Å². The van der Waals surface area contributed by atoms with Crippen LogP contribution in [0.1, 0.15) is 26.7 Å². The molecule has 7 nitrogen and oxygen atoms in total. The van der Waals surface area contributed by atoms with Crippen molar-refractivity contribution < 1.29 is 19.5 Å². The van der Waals surface area contributed by atoms with Gasteiger partial charge in [0, 0.05) is 13.1 Å². The van der Waals surface area contributed by atoms with Crippen molar-refractivity contribution in [2.24, 2.45) is 0 Å². The maximum absolute atomic E-state index is 12.5. The van der Waals surface area contributed by atoms with E-state index in [1.54, 1.807) is 0 Å². The lowest BCUT2D eigenvalue weighted by Gasteiger charge is -2.36. The van der Waals surface area contributed by atoms with E-state index in [0.29, 0.717) is 25.9 Å². The first-order chi connectivity index (χ1) is 8.70. The van der Waals surface area contributed by atoms with Crippen LogP contribution in [0.3, 0.4) is 0 Å². The molecule has 2 aliphatic rings. The number of carbonyl (C=O) groups is 3. The lowest BCUT2D eigenvalue weighted by molar-refractivity contribution is -0.154. The molecule has 1 spiro atoms. The lowest BCUT2D eigenvalue weighted by atomic mass is 9.87. The van der Waals surface area contributed by atoms with E-state index in [0.717, 1.165) is 4.90 Å². The van der Waals surface area contributed by atoms with Gasteiger partial charge in [-0.2, -0.15) is 0 Å². The van der Waals surface area contributed by atoms with Crippen LogP contribution in [0.2, 0.25) is 0 Å². The van der Waals surface area contributed by atoms with Gasteiger partial charge in [0.25, 0.3) is 5.91 Å². The van der Waals surface area contributed by atoms with Crippen LogP contribution < -0.4 is 5.32 Å². The molecule has 106 valence electrons. The minimum absolute atomic E-state index is 0.419. The van der Waals surface area contributed by atoms with E-state index in [2.05, 4.69) is 10.2 Å². The number of carboxylic acid groups (broad SMARTS) is 1. The molecule has 19 heavy (non-hydrogen) atoms. The van der Waals surface area contributed by atoms with Crippen molar-refractivity contribution in [2.75, 3.05) is 20.1 Å². The summed E-state index contributed by atoms with van der Waals surface area (Å²) in [4.78, 5) is 38.7. The molecule has 3 amide bonds. The smallest absolute Gasteiger partial charge is 0.329 e. The van der Waals surface area contributed by atoms with Gasteiger partial charge in [0.2, 0.25) is 0 Å². The Balaban J connectivity index is 2.29. The molecule has 0 radical (unpaired) electrons. The average molecular weight is 269 g/mol. The van der Waals surface area contributed by atoms with Crippen LogP contribution in [0.5, 0.6) is 0 Å². The summed E-state index contributed by atoms with van der Waals surface area (Å²) in [5.41, 5.74) is -2.45. The van der Waals surface area contributed by atoms with Gasteiger partial charge in [-0.05, 0) is 33.7 Å². The van der Waals surface area contributed by atoms with Gasteiger partial charge in [-0.1, -0.05) is 0 Å². The van der Waals surface area contributed by atoms with Crippen molar-refractivity contribution in [1.82, 2.24) is 15.1 Å². The highest BCUT2D eigenvalue weighted by atomic mass is 16.4. The first-order valence-corrected chi connectivity index (χ1v) is 6.29. The third kappa shape index (κ3) is 1.98. The number of aliphatic carboxylic acids is 1. The van der Waals surface area contributed by atoms with E-state index >= 15 is 0 Å². The van der Waals surface area contributed by atoms with Crippen molar-refractivity contribution >= 4 is 17.9 Å². The Morgan fingerprint density at radius 2 is 1.84 bits per heavy atom. The van der Waals surface area contributed by atoms with E-state index in [-0.39, 0.29) is 0 Å². The summed E-state index contributed by atoms with van der Waals surface area (Å²) in [7, 11) is 1.95. The molecule has 0 bridgehead atoms. The monoisotopic (exact) mass is 269 g/mol. The number of amides is 3. The predicted octanol–water partition coefficient (Wildman–Crippen LogP) is -0.134. The normalized spacial score (nSPS) is 23.8. The average Bonchev–Trinajstić information content (AvgIpc) is 2.55. The van der Waals surface area contributed by atoms with Crippen LogP contribution in [0.4, 0.5) is 4.79 Å². The second-order valence-corrected chi connectivity index (χ2v) is 5.82. The fraction of sp³-hybridized carbons (Fsp3) is 0.750. The summed E-state index contributed by atoms with van der Waals surface area (Å²) in [6.07, 6.45) is 1.03. The molecule has 2 N–H and O–H groups in total. The molecule has 0 aromatic rings. The second-order valence-electron chi connectivity index (χ2n) is 5.82.